The predicted molar refractivity (Wildman–Crippen MR) is 90.4 cm³/mol. The van der Waals surface area contributed by atoms with Crippen LogP contribution in [0.3, 0.4) is 0 Å². The zero-order chi connectivity index (χ0) is 21.7. The van der Waals surface area contributed by atoms with E-state index in [2.05, 4.69) is 14.9 Å². The maximum Gasteiger partial charge on any atom is 0.511 e. The van der Waals surface area contributed by atoms with Crippen molar-refractivity contribution in [3.8, 4) is 0 Å². The number of alkyl carbamates (subject to hydrolysis) is 1. The number of aliphatic hydroxyl groups is 1. The molecular weight excluding hydrogens is 384 g/mol. The van der Waals surface area contributed by atoms with Gasteiger partial charge >= 0.3 is 18.2 Å². The zero-order valence-electron chi connectivity index (χ0n) is 16.2. The summed E-state index contributed by atoms with van der Waals surface area (Å²) < 4.78 is 19.1. The molecule has 0 aliphatic rings. The fraction of sp³-hybridized carbons (Fsp3) is 0.800. The van der Waals surface area contributed by atoms with E-state index in [4.69, 9.17) is 14.2 Å². The number of nitrogens with zero attached hydrogens (tertiary/aromatic N) is 1. The fourth-order valence-corrected chi connectivity index (χ4v) is 1.57. The maximum atomic E-state index is 11.9. The highest BCUT2D eigenvalue weighted by molar-refractivity contribution is 5.81. The average Bonchev–Trinajstić information content (AvgIpc) is 2.53. The molecule has 2 N–H and O–H groups in total. The molecule has 0 aromatic carbocycles. The Morgan fingerprint density at radius 3 is 2.29 bits per heavy atom. The molecule has 13 heteroatoms. The second kappa shape index (κ2) is 12.5. The lowest BCUT2D eigenvalue weighted by molar-refractivity contribution is -0.757. The summed E-state index contributed by atoms with van der Waals surface area (Å²) in [5.74, 6) is -1.05. The topological polar surface area (TPSA) is 173 Å². The van der Waals surface area contributed by atoms with Gasteiger partial charge in [-0.2, -0.15) is 0 Å². The number of carbonyl (C=O) groups excluding carboxylic acids is 3. The molecule has 0 radical (unpaired) electrons. The van der Waals surface area contributed by atoms with E-state index in [0.717, 1.165) is 0 Å². The zero-order valence-corrected chi connectivity index (χ0v) is 16.2. The first kappa shape index (κ1) is 25.2. The minimum Gasteiger partial charge on any atom is -0.444 e. The van der Waals surface area contributed by atoms with Crippen molar-refractivity contribution < 1.29 is 48.4 Å². The normalized spacial score (nSPS) is 12.9. The van der Waals surface area contributed by atoms with Gasteiger partial charge in [-0.15, -0.1) is 10.1 Å². The molecule has 0 aromatic rings. The summed E-state index contributed by atoms with van der Waals surface area (Å²) in [5, 5.41) is 20.3. The van der Waals surface area contributed by atoms with E-state index in [1.165, 1.54) is 6.92 Å². The monoisotopic (exact) mass is 410 g/mol. The van der Waals surface area contributed by atoms with Crippen molar-refractivity contribution in [2.45, 2.75) is 58.5 Å². The highest BCUT2D eigenvalue weighted by Crippen LogP contribution is 2.07. The van der Waals surface area contributed by atoms with Gasteiger partial charge in [0.2, 0.25) is 6.29 Å². The van der Waals surface area contributed by atoms with Crippen LogP contribution in [0.1, 0.15) is 40.5 Å². The van der Waals surface area contributed by atoms with Crippen LogP contribution in [0.15, 0.2) is 0 Å². The molecule has 0 aliphatic carbocycles. The number of rotatable bonds is 11. The molecule has 0 saturated heterocycles. The first-order chi connectivity index (χ1) is 12.9. The molecular formula is C15H26N2O11. The maximum absolute atomic E-state index is 11.9. The van der Waals surface area contributed by atoms with Crippen LogP contribution in [-0.2, 0) is 28.6 Å². The number of aliphatic hydroxyl groups excluding tert-OH is 1. The van der Waals surface area contributed by atoms with Crippen molar-refractivity contribution in [1.29, 1.82) is 0 Å². The lowest BCUT2D eigenvalue weighted by atomic mass is 10.2. The number of hydrogen-bond acceptors (Lipinski definition) is 11. The third-order valence-electron chi connectivity index (χ3n) is 2.66. The van der Waals surface area contributed by atoms with E-state index in [9.17, 15) is 29.6 Å². The average molecular weight is 410 g/mol. The second-order valence-corrected chi connectivity index (χ2v) is 6.37. The summed E-state index contributed by atoms with van der Waals surface area (Å²) >= 11 is 0. The van der Waals surface area contributed by atoms with Crippen LogP contribution in [-0.4, -0.2) is 66.2 Å². The first-order valence-corrected chi connectivity index (χ1v) is 8.36. The van der Waals surface area contributed by atoms with Crippen LogP contribution < -0.4 is 5.32 Å². The molecule has 0 aromatic heterocycles. The number of esters is 1. The van der Waals surface area contributed by atoms with Crippen LogP contribution in [0.5, 0.6) is 0 Å². The molecule has 2 atom stereocenters. The fourth-order valence-electron chi connectivity index (χ4n) is 1.57. The summed E-state index contributed by atoms with van der Waals surface area (Å²) in [4.78, 5) is 49.0. The molecule has 2 unspecified atom stereocenters. The Morgan fingerprint density at radius 2 is 1.75 bits per heavy atom. The van der Waals surface area contributed by atoms with Gasteiger partial charge in [0.25, 0.3) is 5.09 Å². The Labute approximate surface area is 161 Å². The molecule has 1 amide bonds. The van der Waals surface area contributed by atoms with Crippen LogP contribution in [0, 0.1) is 10.1 Å². The van der Waals surface area contributed by atoms with Gasteiger partial charge in [0, 0.05) is 6.92 Å². The van der Waals surface area contributed by atoms with E-state index in [0.29, 0.717) is 6.42 Å². The minimum absolute atomic E-state index is 0.0833. The van der Waals surface area contributed by atoms with Gasteiger partial charge in [-0.1, -0.05) is 0 Å². The van der Waals surface area contributed by atoms with Gasteiger partial charge in [-0.25, -0.2) is 14.4 Å². The van der Waals surface area contributed by atoms with Gasteiger partial charge in [0.05, 0.1) is 19.8 Å². The Bertz CT molecular complexity index is 533. The van der Waals surface area contributed by atoms with Crippen molar-refractivity contribution in [3.63, 3.8) is 0 Å². The number of carbonyl (C=O) groups is 3. The first-order valence-electron chi connectivity index (χ1n) is 8.36. The highest BCUT2D eigenvalue weighted by Gasteiger charge is 2.27. The molecule has 0 saturated carbocycles. The van der Waals surface area contributed by atoms with E-state index >= 15 is 0 Å². The summed E-state index contributed by atoms with van der Waals surface area (Å²) in [5.41, 5.74) is -0.802. The lowest BCUT2D eigenvalue weighted by Gasteiger charge is -2.22. The molecule has 162 valence electrons. The second-order valence-electron chi connectivity index (χ2n) is 6.37. The third-order valence-corrected chi connectivity index (χ3v) is 2.66. The van der Waals surface area contributed by atoms with Crippen molar-refractivity contribution in [3.05, 3.63) is 10.1 Å². The Balaban J connectivity index is 4.17. The number of ether oxygens (including phenoxy) is 4. The number of hydrogen-bond donors (Lipinski definition) is 2. The number of amides is 1. The van der Waals surface area contributed by atoms with Crippen molar-refractivity contribution >= 4 is 18.2 Å². The predicted octanol–water partition coefficient (Wildman–Crippen LogP) is 0.903. The summed E-state index contributed by atoms with van der Waals surface area (Å²) in [6.07, 6.45) is -2.84. The van der Waals surface area contributed by atoms with E-state index in [1.807, 2.05) is 0 Å². The Morgan fingerprint density at radius 1 is 1.14 bits per heavy atom. The van der Waals surface area contributed by atoms with Gasteiger partial charge < -0.3 is 34.2 Å². The molecule has 0 spiro atoms. The number of unbranched alkanes of at least 4 members (excludes halogenated alkanes) is 1. The Kier molecular flexibility index (Phi) is 11.3. The molecule has 0 fully saturated rings. The van der Waals surface area contributed by atoms with E-state index < -0.39 is 47.8 Å². The van der Waals surface area contributed by atoms with Gasteiger partial charge in [-0.05, 0) is 33.6 Å². The Hall–Kier alpha value is -2.83. The SMILES string of the molecule is CC(OC(=O)OCCCCO[N+](=O)[O-])OC(=O)C(CO)NC(=O)OC(C)(C)C. The van der Waals surface area contributed by atoms with E-state index in [-0.39, 0.29) is 19.6 Å². The molecule has 0 bridgehead atoms. The van der Waals surface area contributed by atoms with Crippen molar-refractivity contribution in [2.75, 3.05) is 19.8 Å². The highest BCUT2D eigenvalue weighted by atomic mass is 16.9. The van der Waals surface area contributed by atoms with Crippen molar-refractivity contribution in [1.82, 2.24) is 5.32 Å². The van der Waals surface area contributed by atoms with Crippen LogP contribution in [0.25, 0.3) is 0 Å². The third kappa shape index (κ3) is 13.4. The van der Waals surface area contributed by atoms with Crippen LogP contribution in [0.4, 0.5) is 9.59 Å². The van der Waals surface area contributed by atoms with E-state index in [1.54, 1.807) is 20.8 Å². The molecule has 0 heterocycles. The van der Waals surface area contributed by atoms with Crippen LogP contribution in [0.2, 0.25) is 0 Å². The van der Waals surface area contributed by atoms with Gasteiger partial charge in [-0.3, -0.25) is 0 Å². The summed E-state index contributed by atoms with van der Waals surface area (Å²) in [6, 6.07) is -1.42. The van der Waals surface area contributed by atoms with Crippen LogP contribution >= 0.6 is 0 Å². The smallest absolute Gasteiger partial charge is 0.444 e. The molecule has 13 nitrogen and oxygen atoms in total. The molecule has 0 aliphatic heterocycles. The minimum atomic E-state index is -1.42. The number of nitrogens with one attached hydrogen (secondary N) is 1. The van der Waals surface area contributed by atoms with Gasteiger partial charge in [0.15, 0.2) is 6.04 Å². The standard InChI is InChI=1S/C15H26N2O11/c1-10(27-14(21)24-7-5-6-8-25-17(22)23)26-12(19)11(9-18)16-13(20)28-15(2,3)4/h10-11,18H,5-9H2,1-4H3,(H,16,20). The summed E-state index contributed by atoms with van der Waals surface area (Å²) in [7, 11) is 0. The largest absolute Gasteiger partial charge is 0.511 e. The van der Waals surface area contributed by atoms with Gasteiger partial charge in [0.1, 0.15) is 5.60 Å². The molecule has 0 rings (SSSR count). The lowest BCUT2D eigenvalue weighted by Crippen LogP contribution is -2.47. The summed E-state index contributed by atoms with van der Waals surface area (Å²) in [6.45, 7) is 5.11. The van der Waals surface area contributed by atoms with Crippen molar-refractivity contribution in [2.24, 2.45) is 0 Å². The quantitative estimate of drug-likeness (QED) is 0.124. The molecule has 28 heavy (non-hydrogen) atoms.